The van der Waals surface area contributed by atoms with Crippen LogP contribution in [0.2, 0.25) is 0 Å². The zero-order valence-electron chi connectivity index (χ0n) is 15.5. The summed E-state index contributed by atoms with van der Waals surface area (Å²) in [5, 5.41) is 3.24. The molecular formula is C20H24N2O3S. The van der Waals surface area contributed by atoms with Crippen molar-refractivity contribution in [2.75, 3.05) is 20.7 Å². The van der Waals surface area contributed by atoms with Crippen molar-refractivity contribution in [3.63, 3.8) is 0 Å². The van der Waals surface area contributed by atoms with Gasteiger partial charge in [-0.3, -0.25) is 14.4 Å². The number of hydrogen-bond acceptors (Lipinski definition) is 4. The van der Waals surface area contributed by atoms with Gasteiger partial charge in [0.1, 0.15) is 0 Å². The minimum atomic E-state index is -0.494. The predicted octanol–water partition coefficient (Wildman–Crippen LogP) is 3.70. The average molecular weight is 372 g/mol. The summed E-state index contributed by atoms with van der Waals surface area (Å²) in [7, 11) is 3.09. The molecule has 0 fully saturated rings. The van der Waals surface area contributed by atoms with E-state index in [4.69, 9.17) is 4.84 Å². The molecule has 0 spiro atoms. The summed E-state index contributed by atoms with van der Waals surface area (Å²) in [4.78, 5) is 34.5. The van der Waals surface area contributed by atoms with Crippen LogP contribution < -0.4 is 0 Å². The molecule has 0 saturated heterocycles. The molecule has 1 aromatic heterocycles. The second-order valence-corrected chi connectivity index (χ2v) is 7.87. The van der Waals surface area contributed by atoms with Crippen molar-refractivity contribution in [1.29, 1.82) is 0 Å². The van der Waals surface area contributed by atoms with Crippen molar-refractivity contribution in [3.8, 4) is 0 Å². The maximum Gasteiger partial charge on any atom is 0.255 e. The number of fused-ring (bicyclic) bond motifs is 1. The van der Waals surface area contributed by atoms with Gasteiger partial charge in [0.2, 0.25) is 0 Å². The number of thiophene rings is 1. The van der Waals surface area contributed by atoms with Gasteiger partial charge in [-0.05, 0) is 29.0 Å². The van der Waals surface area contributed by atoms with E-state index in [9.17, 15) is 9.59 Å². The number of carbonyl (C=O) groups is 2. The molecule has 1 aliphatic heterocycles. The molecule has 2 heterocycles. The quantitative estimate of drug-likeness (QED) is 0.752. The number of hydroxylamine groups is 2. The van der Waals surface area contributed by atoms with Crippen LogP contribution in [0.5, 0.6) is 0 Å². The Labute approximate surface area is 158 Å². The van der Waals surface area contributed by atoms with Crippen molar-refractivity contribution in [2.24, 2.45) is 5.92 Å². The molecule has 0 unspecified atom stereocenters. The summed E-state index contributed by atoms with van der Waals surface area (Å²) in [5.74, 6) is -0.370. The molecule has 0 radical (unpaired) electrons. The van der Waals surface area contributed by atoms with Crippen LogP contribution >= 0.6 is 11.3 Å². The maximum absolute atomic E-state index is 13.2. The van der Waals surface area contributed by atoms with Gasteiger partial charge in [-0.1, -0.05) is 38.1 Å². The summed E-state index contributed by atoms with van der Waals surface area (Å²) in [6, 6.07) is 11.0. The third-order valence-electron chi connectivity index (χ3n) is 4.69. The smallest absolute Gasteiger partial charge is 0.255 e. The van der Waals surface area contributed by atoms with Crippen molar-refractivity contribution in [3.05, 3.63) is 57.8 Å². The van der Waals surface area contributed by atoms with E-state index in [2.05, 4.69) is 13.8 Å². The lowest BCUT2D eigenvalue weighted by Gasteiger charge is -2.42. The molecule has 3 rings (SSSR count). The Balaban J connectivity index is 2.19. The molecule has 2 atom stereocenters. The molecule has 26 heavy (non-hydrogen) atoms. The third kappa shape index (κ3) is 3.27. The minimum Gasteiger partial charge on any atom is -0.329 e. The molecule has 5 nitrogen and oxygen atoms in total. The van der Waals surface area contributed by atoms with Gasteiger partial charge in [-0.25, -0.2) is 5.06 Å². The zero-order chi connectivity index (χ0) is 18.8. The van der Waals surface area contributed by atoms with Crippen LogP contribution in [0.25, 0.3) is 0 Å². The van der Waals surface area contributed by atoms with Crippen LogP contribution in [-0.4, -0.2) is 42.5 Å². The number of hydrogen-bond donors (Lipinski definition) is 0. The second kappa shape index (κ2) is 7.60. The van der Waals surface area contributed by atoms with E-state index in [-0.39, 0.29) is 17.9 Å². The molecule has 0 bridgehead atoms. The monoisotopic (exact) mass is 372 g/mol. The standard InChI is InChI=1S/C20H24N2O3S/c1-13(2)12-22-18(16-10-7-11-26-16)17(20(24)21(3)25-4)14-8-5-6-9-15(14)19(22)23/h5-11,13,17-18H,12H2,1-4H3/t17-,18-/m0/s1. The normalized spacial score (nSPS) is 19.6. The van der Waals surface area contributed by atoms with Crippen LogP contribution in [0.4, 0.5) is 0 Å². The van der Waals surface area contributed by atoms with Crippen molar-refractivity contribution < 1.29 is 14.4 Å². The predicted molar refractivity (Wildman–Crippen MR) is 102 cm³/mol. The molecule has 1 aromatic carbocycles. The van der Waals surface area contributed by atoms with Crippen LogP contribution in [0, 0.1) is 5.92 Å². The Hall–Kier alpha value is -2.18. The second-order valence-electron chi connectivity index (χ2n) is 6.89. The highest BCUT2D eigenvalue weighted by Gasteiger charge is 2.45. The van der Waals surface area contributed by atoms with Gasteiger partial charge in [0.15, 0.2) is 0 Å². The fourth-order valence-corrected chi connectivity index (χ4v) is 4.39. The molecule has 0 saturated carbocycles. The Bertz CT molecular complexity index is 788. The SMILES string of the molecule is CON(C)C(=O)[C@H]1c2ccccc2C(=O)N(CC(C)C)[C@H]1c1cccs1. The van der Waals surface area contributed by atoms with E-state index in [0.29, 0.717) is 18.0 Å². The van der Waals surface area contributed by atoms with Crippen LogP contribution in [-0.2, 0) is 9.63 Å². The highest BCUT2D eigenvalue weighted by Crippen LogP contribution is 2.45. The average Bonchev–Trinajstić information content (AvgIpc) is 3.16. The molecule has 2 aromatic rings. The molecule has 138 valence electrons. The number of benzene rings is 1. The maximum atomic E-state index is 13.2. The van der Waals surface area contributed by atoms with Gasteiger partial charge in [0, 0.05) is 24.0 Å². The van der Waals surface area contributed by atoms with E-state index in [1.807, 2.05) is 46.7 Å². The van der Waals surface area contributed by atoms with Gasteiger partial charge in [-0.2, -0.15) is 0 Å². The minimum absolute atomic E-state index is 0.0168. The summed E-state index contributed by atoms with van der Waals surface area (Å²) >= 11 is 1.57. The van der Waals surface area contributed by atoms with Crippen molar-refractivity contribution >= 4 is 23.2 Å². The third-order valence-corrected chi connectivity index (χ3v) is 5.63. The van der Waals surface area contributed by atoms with Crippen molar-refractivity contribution in [2.45, 2.75) is 25.8 Å². The van der Waals surface area contributed by atoms with E-state index < -0.39 is 5.92 Å². The van der Waals surface area contributed by atoms with Gasteiger partial charge in [-0.15, -0.1) is 11.3 Å². The Kier molecular flexibility index (Phi) is 5.44. The Morgan fingerprint density at radius 1 is 1.27 bits per heavy atom. The molecule has 6 heteroatoms. The number of carbonyl (C=O) groups excluding carboxylic acids is 2. The summed E-state index contributed by atoms with van der Waals surface area (Å²) in [6.45, 7) is 4.75. The lowest BCUT2D eigenvalue weighted by atomic mass is 9.81. The van der Waals surface area contributed by atoms with Crippen LogP contribution in [0.3, 0.4) is 0 Å². The fraction of sp³-hybridized carbons (Fsp3) is 0.400. The van der Waals surface area contributed by atoms with Crippen molar-refractivity contribution in [1.82, 2.24) is 9.96 Å². The largest absolute Gasteiger partial charge is 0.329 e. The van der Waals surface area contributed by atoms with Gasteiger partial charge in [0.25, 0.3) is 11.8 Å². The first kappa shape index (κ1) is 18.6. The summed E-state index contributed by atoms with van der Waals surface area (Å²) < 4.78 is 0. The lowest BCUT2D eigenvalue weighted by molar-refractivity contribution is -0.172. The lowest BCUT2D eigenvalue weighted by Crippen LogP contribution is -2.48. The highest BCUT2D eigenvalue weighted by atomic mass is 32.1. The molecular weight excluding hydrogens is 348 g/mol. The van der Waals surface area contributed by atoms with E-state index >= 15 is 0 Å². The number of nitrogens with zero attached hydrogens (tertiary/aromatic N) is 2. The van der Waals surface area contributed by atoms with E-state index in [1.54, 1.807) is 18.4 Å². The zero-order valence-corrected chi connectivity index (χ0v) is 16.3. The molecule has 2 amide bonds. The first-order valence-corrected chi connectivity index (χ1v) is 9.58. The number of rotatable bonds is 5. The first-order chi connectivity index (χ1) is 12.5. The topological polar surface area (TPSA) is 49.9 Å². The van der Waals surface area contributed by atoms with Crippen LogP contribution in [0.1, 0.15) is 46.6 Å². The molecule has 1 aliphatic rings. The van der Waals surface area contributed by atoms with Crippen LogP contribution in [0.15, 0.2) is 41.8 Å². The van der Waals surface area contributed by atoms with Gasteiger partial charge in [0.05, 0.1) is 19.1 Å². The Morgan fingerprint density at radius 2 is 2.00 bits per heavy atom. The molecule has 0 aliphatic carbocycles. The van der Waals surface area contributed by atoms with E-state index in [0.717, 1.165) is 10.4 Å². The van der Waals surface area contributed by atoms with Gasteiger partial charge < -0.3 is 4.90 Å². The Morgan fingerprint density at radius 3 is 2.62 bits per heavy atom. The summed E-state index contributed by atoms with van der Waals surface area (Å²) in [5.41, 5.74) is 1.37. The fourth-order valence-electron chi connectivity index (χ4n) is 3.52. The highest BCUT2D eigenvalue weighted by molar-refractivity contribution is 7.10. The van der Waals surface area contributed by atoms with Gasteiger partial charge >= 0.3 is 0 Å². The number of amides is 2. The molecule has 0 N–H and O–H groups in total. The van der Waals surface area contributed by atoms with E-state index in [1.165, 1.54) is 12.2 Å². The summed E-state index contributed by atoms with van der Waals surface area (Å²) in [6.07, 6.45) is 0. The first-order valence-electron chi connectivity index (χ1n) is 8.70. The number of likely N-dealkylation sites (N-methyl/N-ethyl adjacent to an activating group) is 1.